The Morgan fingerprint density at radius 1 is 1.17 bits per heavy atom. The van der Waals surface area contributed by atoms with E-state index < -0.39 is 28.0 Å². The molecule has 1 rings (SSSR count). The van der Waals surface area contributed by atoms with Gasteiger partial charge in [-0.25, -0.2) is 8.42 Å². The van der Waals surface area contributed by atoms with Crippen LogP contribution in [0.1, 0.15) is 18.9 Å². The van der Waals surface area contributed by atoms with E-state index in [9.17, 15) is 26.7 Å². The van der Waals surface area contributed by atoms with Crippen molar-refractivity contribution in [2.45, 2.75) is 30.0 Å². The lowest BCUT2D eigenvalue weighted by Gasteiger charge is -2.29. The lowest BCUT2D eigenvalue weighted by Crippen LogP contribution is -2.41. The van der Waals surface area contributed by atoms with E-state index >= 15 is 0 Å². The van der Waals surface area contributed by atoms with Crippen LogP contribution in [-0.4, -0.2) is 26.0 Å². The van der Waals surface area contributed by atoms with Crippen LogP contribution in [0.3, 0.4) is 0 Å². The Hall–Kier alpha value is -1.08. The van der Waals surface area contributed by atoms with Crippen LogP contribution in [0.5, 0.6) is 0 Å². The summed E-state index contributed by atoms with van der Waals surface area (Å²) in [7, 11) is -3.47. The standard InChI is InChI=1S/C11H13F3O3S/c1-3-10(15,11(12,13)14)8-4-6-9(7-5-8)18(2,16)17/h4-7,15H,3H2,1-2H3. The topological polar surface area (TPSA) is 54.4 Å². The number of halogens is 3. The monoisotopic (exact) mass is 282 g/mol. The summed E-state index contributed by atoms with van der Waals surface area (Å²) in [6.45, 7) is 1.21. The Bertz CT molecular complexity index is 519. The zero-order valence-electron chi connectivity index (χ0n) is 9.82. The quantitative estimate of drug-likeness (QED) is 0.925. The van der Waals surface area contributed by atoms with Gasteiger partial charge in [0.25, 0.3) is 0 Å². The molecule has 0 aromatic heterocycles. The second-order valence-electron chi connectivity index (χ2n) is 4.01. The van der Waals surface area contributed by atoms with Crippen molar-refractivity contribution in [1.82, 2.24) is 0 Å². The van der Waals surface area contributed by atoms with Gasteiger partial charge in [-0.2, -0.15) is 13.2 Å². The van der Waals surface area contributed by atoms with Crippen LogP contribution < -0.4 is 0 Å². The third-order valence-electron chi connectivity index (χ3n) is 2.74. The van der Waals surface area contributed by atoms with Crippen LogP contribution in [0.25, 0.3) is 0 Å². The molecule has 0 saturated heterocycles. The zero-order chi connectivity index (χ0) is 14.2. The Kier molecular flexibility index (Phi) is 3.78. The molecule has 7 heteroatoms. The van der Waals surface area contributed by atoms with E-state index in [-0.39, 0.29) is 10.5 Å². The molecule has 0 aliphatic carbocycles. The van der Waals surface area contributed by atoms with E-state index in [1.165, 1.54) is 6.92 Å². The molecular weight excluding hydrogens is 269 g/mol. The summed E-state index contributed by atoms with van der Waals surface area (Å²) in [6.07, 6.45) is -4.40. The van der Waals surface area contributed by atoms with Crippen molar-refractivity contribution in [3.63, 3.8) is 0 Å². The van der Waals surface area contributed by atoms with Crippen LogP contribution in [0.4, 0.5) is 13.2 Å². The predicted molar refractivity (Wildman–Crippen MR) is 59.8 cm³/mol. The number of benzene rings is 1. The summed E-state index contributed by atoms with van der Waals surface area (Å²) in [5, 5.41) is 9.65. The number of hydrogen-bond acceptors (Lipinski definition) is 3. The Balaban J connectivity index is 3.27. The maximum atomic E-state index is 12.8. The summed E-state index contributed by atoms with van der Waals surface area (Å²) >= 11 is 0. The van der Waals surface area contributed by atoms with Crippen molar-refractivity contribution >= 4 is 9.84 Å². The lowest BCUT2D eigenvalue weighted by atomic mass is 9.90. The molecule has 0 aliphatic rings. The van der Waals surface area contributed by atoms with Crippen LogP contribution >= 0.6 is 0 Å². The van der Waals surface area contributed by atoms with Gasteiger partial charge < -0.3 is 5.11 Å². The Morgan fingerprint density at radius 2 is 1.61 bits per heavy atom. The van der Waals surface area contributed by atoms with E-state index in [4.69, 9.17) is 0 Å². The highest BCUT2D eigenvalue weighted by Gasteiger charge is 2.53. The summed E-state index contributed by atoms with van der Waals surface area (Å²) in [5.74, 6) is 0. The molecule has 0 bridgehead atoms. The molecular formula is C11H13F3O3S. The predicted octanol–water partition coefficient (Wildman–Crippen LogP) is 2.25. The number of sulfone groups is 1. The van der Waals surface area contributed by atoms with Gasteiger partial charge in [0.15, 0.2) is 15.4 Å². The van der Waals surface area contributed by atoms with Crippen LogP contribution in [-0.2, 0) is 15.4 Å². The SMILES string of the molecule is CCC(O)(c1ccc(S(C)(=O)=O)cc1)C(F)(F)F. The second-order valence-corrected chi connectivity index (χ2v) is 6.02. The van der Waals surface area contributed by atoms with Crippen molar-refractivity contribution < 1.29 is 26.7 Å². The van der Waals surface area contributed by atoms with Gasteiger partial charge in [-0.1, -0.05) is 19.1 Å². The molecule has 0 fully saturated rings. The first kappa shape index (κ1) is 15.0. The summed E-state index contributed by atoms with van der Waals surface area (Å²) in [4.78, 5) is -0.0909. The zero-order valence-corrected chi connectivity index (χ0v) is 10.6. The van der Waals surface area contributed by atoms with Crippen LogP contribution in [0, 0.1) is 0 Å². The fraction of sp³-hybridized carbons (Fsp3) is 0.455. The van der Waals surface area contributed by atoms with E-state index in [0.29, 0.717) is 0 Å². The smallest absolute Gasteiger partial charge is 0.376 e. The third-order valence-corrected chi connectivity index (χ3v) is 3.87. The van der Waals surface area contributed by atoms with Crippen molar-refractivity contribution in [3.05, 3.63) is 29.8 Å². The molecule has 0 heterocycles. The Labute approximate surface area is 103 Å². The molecule has 102 valence electrons. The number of alkyl halides is 3. The summed E-state index contributed by atoms with van der Waals surface area (Å²) in [6, 6.07) is 4.06. The largest absolute Gasteiger partial charge is 0.421 e. The molecule has 1 N–H and O–H groups in total. The Morgan fingerprint density at radius 3 is 1.89 bits per heavy atom. The first-order valence-corrected chi connectivity index (χ1v) is 7.01. The molecule has 0 spiro atoms. The molecule has 1 unspecified atom stereocenters. The fourth-order valence-electron chi connectivity index (χ4n) is 1.55. The molecule has 1 aromatic rings. The molecule has 0 radical (unpaired) electrons. The molecule has 0 amide bonds. The van der Waals surface area contributed by atoms with Gasteiger partial charge >= 0.3 is 6.18 Å². The minimum atomic E-state index is -4.81. The van der Waals surface area contributed by atoms with Gasteiger partial charge in [0.05, 0.1) is 4.90 Å². The average molecular weight is 282 g/mol. The molecule has 1 atom stereocenters. The van der Waals surface area contributed by atoms with Crippen LogP contribution in [0.15, 0.2) is 29.2 Å². The molecule has 0 aliphatic heterocycles. The van der Waals surface area contributed by atoms with Gasteiger partial charge in [0, 0.05) is 6.26 Å². The second kappa shape index (κ2) is 4.55. The van der Waals surface area contributed by atoms with E-state index in [1.54, 1.807) is 0 Å². The number of hydrogen-bond donors (Lipinski definition) is 1. The summed E-state index contributed by atoms with van der Waals surface area (Å²) < 4.78 is 60.6. The molecule has 0 saturated carbocycles. The van der Waals surface area contributed by atoms with Gasteiger partial charge in [-0.3, -0.25) is 0 Å². The highest BCUT2D eigenvalue weighted by molar-refractivity contribution is 7.90. The van der Waals surface area contributed by atoms with Crippen molar-refractivity contribution in [2.24, 2.45) is 0 Å². The van der Waals surface area contributed by atoms with Gasteiger partial charge in [0.2, 0.25) is 0 Å². The molecule has 18 heavy (non-hydrogen) atoms. The first-order chi connectivity index (χ1) is 8.02. The normalized spacial score (nSPS) is 16.3. The van der Waals surface area contributed by atoms with E-state index in [2.05, 4.69) is 0 Å². The molecule has 3 nitrogen and oxygen atoms in total. The summed E-state index contributed by atoms with van der Waals surface area (Å²) in [5.41, 5.74) is -3.33. The minimum absolute atomic E-state index is 0.0909. The number of aliphatic hydroxyl groups is 1. The maximum Gasteiger partial charge on any atom is 0.421 e. The highest BCUT2D eigenvalue weighted by Crippen LogP contribution is 2.41. The van der Waals surface area contributed by atoms with Crippen molar-refractivity contribution in [1.29, 1.82) is 0 Å². The first-order valence-electron chi connectivity index (χ1n) is 5.12. The van der Waals surface area contributed by atoms with Crippen molar-refractivity contribution in [3.8, 4) is 0 Å². The molecule has 1 aromatic carbocycles. The number of rotatable bonds is 3. The fourth-order valence-corrected chi connectivity index (χ4v) is 2.18. The third kappa shape index (κ3) is 2.67. The van der Waals surface area contributed by atoms with E-state index in [1.807, 2.05) is 0 Å². The van der Waals surface area contributed by atoms with E-state index in [0.717, 1.165) is 30.5 Å². The van der Waals surface area contributed by atoms with Gasteiger partial charge in [-0.15, -0.1) is 0 Å². The average Bonchev–Trinajstić information content (AvgIpc) is 2.25. The maximum absolute atomic E-state index is 12.8. The van der Waals surface area contributed by atoms with Crippen LogP contribution in [0.2, 0.25) is 0 Å². The van der Waals surface area contributed by atoms with Crippen molar-refractivity contribution in [2.75, 3.05) is 6.26 Å². The van der Waals surface area contributed by atoms with Gasteiger partial charge in [-0.05, 0) is 24.1 Å². The highest BCUT2D eigenvalue weighted by atomic mass is 32.2. The van der Waals surface area contributed by atoms with Gasteiger partial charge in [0.1, 0.15) is 0 Å². The lowest BCUT2D eigenvalue weighted by molar-refractivity contribution is -0.267. The minimum Gasteiger partial charge on any atom is -0.376 e.